The first-order chi connectivity index (χ1) is 16.0. The van der Waals surface area contributed by atoms with Crippen molar-refractivity contribution in [3.05, 3.63) is 65.2 Å². The number of carbonyl (C=O) groups is 3. The van der Waals surface area contributed by atoms with Gasteiger partial charge in [0.15, 0.2) is 0 Å². The van der Waals surface area contributed by atoms with Gasteiger partial charge in [-0.05, 0) is 42.7 Å². The molecule has 33 heavy (non-hydrogen) atoms. The molecule has 8 nitrogen and oxygen atoms in total. The molecule has 0 radical (unpaired) electrons. The molecule has 2 fully saturated rings. The minimum Gasteiger partial charge on any atom is -0.488 e. The van der Waals surface area contributed by atoms with Crippen molar-refractivity contribution < 1.29 is 23.9 Å². The van der Waals surface area contributed by atoms with Gasteiger partial charge < -0.3 is 25.0 Å². The summed E-state index contributed by atoms with van der Waals surface area (Å²) in [4.78, 5) is 41.0. The maximum atomic E-state index is 13.1. The van der Waals surface area contributed by atoms with E-state index < -0.39 is 5.91 Å². The lowest BCUT2D eigenvalue weighted by Gasteiger charge is -2.35. The molecule has 0 spiro atoms. The van der Waals surface area contributed by atoms with Crippen LogP contribution in [0.25, 0.3) is 0 Å². The maximum Gasteiger partial charge on any atom is 0.253 e. The fraction of sp³-hybridized carbons (Fsp3) is 0.400. The zero-order chi connectivity index (χ0) is 23.2. The fourth-order valence-corrected chi connectivity index (χ4v) is 4.31. The van der Waals surface area contributed by atoms with Gasteiger partial charge in [-0.3, -0.25) is 14.4 Å². The Morgan fingerprint density at radius 2 is 1.67 bits per heavy atom. The molecule has 8 heteroatoms. The van der Waals surface area contributed by atoms with Crippen molar-refractivity contribution in [2.45, 2.75) is 19.4 Å². The normalized spacial score (nSPS) is 17.0. The summed E-state index contributed by atoms with van der Waals surface area (Å²) in [5, 5.41) is 0. The number of morpholine rings is 1. The molecule has 4 rings (SSSR count). The predicted molar refractivity (Wildman–Crippen MR) is 122 cm³/mol. The monoisotopic (exact) mass is 451 g/mol. The Kier molecular flexibility index (Phi) is 7.24. The Morgan fingerprint density at radius 1 is 0.939 bits per heavy atom. The van der Waals surface area contributed by atoms with Gasteiger partial charge in [0.1, 0.15) is 12.4 Å². The molecule has 2 N–H and O–H groups in total. The van der Waals surface area contributed by atoms with Crippen molar-refractivity contribution in [2.75, 3.05) is 39.4 Å². The smallest absolute Gasteiger partial charge is 0.253 e. The van der Waals surface area contributed by atoms with Crippen LogP contribution < -0.4 is 10.5 Å². The van der Waals surface area contributed by atoms with Gasteiger partial charge in [-0.25, -0.2) is 0 Å². The number of benzene rings is 2. The topological polar surface area (TPSA) is 102 Å². The Hall–Kier alpha value is -3.39. The van der Waals surface area contributed by atoms with Gasteiger partial charge in [-0.15, -0.1) is 0 Å². The van der Waals surface area contributed by atoms with Gasteiger partial charge in [0.05, 0.1) is 18.8 Å². The van der Waals surface area contributed by atoms with Crippen LogP contribution in [0.2, 0.25) is 0 Å². The highest BCUT2D eigenvalue weighted by Crippen LogP contribution is 2.23. The SMILES string of the molecule is NC(=O)c1ccccc1OCc1cccc(C(=O)N2CCC(C(=O)N3CCOCC3)CC2)c1. The Morgan fingerprint density at radius 3 is 2.39 bits per heavy atom. The molecule has 0 saturated carbocycles. The third kappa shape index (κ3) is 5.51. The molecule has 0 aromatic heterocycles. The first-order valence-electron chi connectivity index (χ1n) is 11.3. The van der Waals surface area contributed by atoms with Crippen LogP contribution in [-0.2, 0) is 16.1 Å². The number of piperidine rings is 1. The first kappa shape index (κ1) is 22.8. The average Bonchev–Trinajstić information content (AvgIpc) is 2.87. The number of likely N-dealkylation sites (tertiary alicyclic amines) is 1. The van der Waals surface area contributed by atoms with Crippen molar-refractivity contribution in [3.63, 3.8) is 0 Å². The molecule has 174 valence electrons. The highest BCUT2D eigenvalue weighted by Gasteiger charge is 2.31. The summed E-state index contributed by atoms with van der Waals surface area (Å²) in [6.45, 7) is 3.82. The fourth-order valence-electron chi connectivity index (χ4n) is 4.31. The van der Waals surface area contributed by atoms with Gasteiger partial charge in [-0.2, -0.15) is 0 Å². The van der Waals surface area contributed by atoms with Crippen LogP contribution in [0.4, 0.5) is 0 Å². The number of nitrogens with two attached hydrogens (primary N) is 1. The summed E-state index contributed by atoms with van der Waals surface area (Å²) in [5.74, 6) is -0.0385. The maximum absolute atomic E-state index is 13.1. The van der Waals surface area contributed by atoms with Gasteiger partial charge in [0, 0.05) is 37.7 Å². The first-order valence-corrected chi connectivity index (χ1v) is 11.3. The van der Waals surface area contributed by atoms with E-state index in [-0.39, 0.29) is 24.3 Å². The Balaban J connectivity index is 1.33. The third-order valence-corrected chi connectivity index (χ3v) is 6.17. The van der Waals surface area contributed by atoms with E-state index in [1.165, 1.54) is 0 Å². The molecule has 2 aliphatic heterocycles. The molecule has 2 aromatic carbocycles. The number of carbonyl (C=O) groups excluding carboxylic acids is 3. The summed E-state index contributed by atoms with van der Waals surface area (Å²) in [7, 11) is 0. The number of primary amides is 1. The highest BCUT2D eigenvalue weighted by molar-refractivity contribution is 5.95. The standard InChI is InChI=1S/C25H29N3O5/c26-23(29)21-6-1-2-7-22(21)33-17-18-4-3-5-20(16-18)25(31)27-10-8-19(9-11-27)24(30)28-12-14-32-15-13-28/h1-7,16,19H,8-15,17H2,(H2,26,29). The quantitative estimate of drug-likeness (QED) is 0.725. The molecule has 0 unspecified atom stereocenters. The lowest BCUT2D eigenvalue weighted by Crippen LogP contribution is -2.47. The van der Waals surface area contributed by atoms with E-state index >= 15 is 0 Å². The molecule has 0 atom stereocenters. The van der Waals surface area contributed by atoms with E-state index in [1.807, 2.05) is 21.9 Å². The molecule has 3 amide bonds. The minimum absolute atomic E-state index is 0.0304. The second kappa shape index (κ2) is 10.5. The number of hydrogen-bond donors (Lipinski definition) is 1. The number of ether oxygens (including phenoxy) is 2. The lowest BCUT2D eigenvalue weighted by molar-refractivity contribution is -0.141. The van der Waals surface area contributed by atoms with E-state index in [1.54, 1.807) is 36.4 Å². The average molecular weight is 452 g/mol. The molecule has 0 bridgehead atoms. The molecular formula is C25H29N3O5. The largest absolute Gasteiger partial charge is 0.488 e. The Bertz CT molecular complexity index is 1010. The highest BCUT2D eigenvalue weighted by atomic mass is 16.5. The Labute approximate surface area is 193 Å². The summed E-state index contributed by atoms with van der Waals surface area (Å²) in [6, 6.07) is 14.1. The van der Waals surface area contributed by atoms with Gasteiger partial charge >= 0.3 is 0 Å². The lowest BCUT2D eigenvalue weighted by atomic mass is 9.94. The number of nitrogens with zero attached hydrogens (tertiary/aromatic N) is 2. The summed E-state index contributed by atoms with van der Waals surface area (Å²) in [5.41, 5.74) is 7.12. The number of amides is 3. The van der Waals surface area contributed by atoms with Crippen molar-refractivity contribution >= 4 is 17.7 Å². The molecule has 2 saturated heterocycles. The van der Waals surface area contributed by atoms with Crippen LogP contribution in [0.1, 0.15) is 39.1 Å². The molecule has 2 aliphatic rings. The molecule has 0 aliphatic carbocycles. The van der Waals surface area contributed by atoms with E-state index in [0.717, 1.165) is 5.56 Å². The van der Waals surface area contributed by atoms with E-state index in [2.05, 4.69) is 0 Å². The third-order valence-electron chi connectivity index (χ3n) is 6.17. The second-order valence-corrected chi connectivity index (χ2v) is 8.35. The molecular weight excluding hydrogens is 422 g/mol. The predicted octanol–water partition coefficient (Wildman–Crippen LogP) is 2.08. The number of hydrogen-bond acceptors (Lipinski definition) is 5. The zero-order valence-corrected chi connectivity index (χ0v) is 18.6. The van der Waals surface area contributed by atoms with Crippen LogP contribution in [0.5, 0.6) is 5.75 Å². The molecule has 2 aromatic rings. The van der Waals surface area contributed by atoms with Crippen LogP contribution in [0.3, 0.4) is 0 Å². The van der Waals surface area contributed by atoms with E-state index in [4.69, 9.17) is 15.2 Å². The van der Waals surface area contributed by atoms with E-state index in [0.29, 0.717) is 69.1 Å². The van der Waals surface area contributed by atoms with Crippen LogP contribution in [0, 0.1) is 5.92 Å². The second-order valence-electron chi connectivity index (χ2n) is 8.35. The number of para-hydroxylation sites is 1. The van der Waals surface area contributed by atoms with Crippen molar-refractivity contribution in [3.8, 4) is 5.75 Å². The van der Waals surface area contributed by atoms with Crippen LogP contribution >= 0.6 is 0 Å². The summed E-state index contributed by atoms with van der Waals surface area (Å²) in [6.07, 6.45) is 1.35. The minimum atomic E-state index is -0.551. The summed E-state index contributed by atoms with van der Waals surface area (Å²) >= 11 is 0. The van der Waals surface area contributed by atoms with Gasteiger partial charge in [-0.1, -0.05) is 24.3 Å². The van der Waals surface area contributed by atoms with Crippen molar-refractivity contribution in [1.82, 2.24) is 9.80 Å². The molecule has 2 heterocycles. The van der Waals surface area contributed by atoms with Gasteiger partial charge in [0.25, 0.3) is 11.8 Å². The van der Waals surface area contributed by atoms with Gasteiger partial charge in [0.2, 0.25) is 5.91 Å². The van der Waals surface area contributed by atoms with Crippen molar-refractivity contribution in [1.29, 1.82) is 0 Å². The van der Waals surface area contributed by atoms with Crippen LogP contribution in [0.15, 0.2) is 48.5 Å². The zero-order valence-electron chi connectivity index (χ0n) is 18.6. The number of rotatable bonds is 6. The van der Waals surface area contributed by atoms with Crippen molar-refractivity contribution in [2.24, 2.45) is 11.7 Å². The summed E-state index contributed by atoms with van der Waals surface area (Å²) < 4.78 is 11.1. The van der Waals surface area contributed by atoms with Crippen LogP contribution in [-0.4, -0.2) is 66.9 Å². The van der Waals surface area contributed by atoms with E-state index in [9.17, 15) is 14.4 Å².